The molecule has 3 nitrogen and oxygen atoms in total. The number of nitrogens with zero attached hydrogens (tertiary/aromatic N) is 3. The Bertz CT molecular complexity index is 3050. The van der Waals surface area contributed by atoms with Crippen LogP contribution in [0.2, 0.25) is 0 Å². The largest absolute Gasteiger partial charge is 0.311 e. The Kier molecular flexibility index (Phi) is 11.4. The number of hydrogen-bond donors (Lipinski definition) is 0. The SMILES string of the molecule is c1ccc(-c2cc(-c3ccccc3)c(-c3ccc(N(c4ccccc4)c4ccc(-c5c(-c6ccccc6)cc(-c6ccccc6)nc5-c5ccccc5)cc4)cc3)c(-c3ccccc3)n2)cc1. The smallest absolute Gasteiger partial charge is 0.0794 e. The zero-order chi connectivity index (χ0) is 44.8. The molecule has 67 heavy (non-hydrogen) atoms. The fourth-order valence-corrected chi connectivity index (χ4v) is 9.07. The minimum absolute atomic E-state index is 0.937. The van der Waals surface area contributed by atoms with E-state index < -0.39 is 0 Å². The molecule has 0 N–H and O–H groups in total. The lowest BCUT2D eigenvalue weighted by Crippen LogP contribution is -2.09. The number of rotatable bonds is 11. The molecule has 0 spiro atoms. The third-order valence-corrected chi connectivity index (χ3v) is 12.3. The molecule has 2 aromatic heterocycles. The van der Waals surface area contributed by atoms with Crippen LogP contribution in [-0.4, -0.2) is 9.97 Å². The summed E-state index contributed by atoms with van der Waals surface area (Å²) >= 11 is 0. The fraction of sp³-hybridized carbons (Fsp3) is 0. The lowest BCUT2D eigenvalue weighted by Gasteiger charge is -2.26. The number of benzene rings is 9. The van der Waals surface area contributed by atoms with Gasteiger partial charge in [0.1, 0.15) is 0 Å². The molecule has 0 unspecified atom stereocenters. The average molecular weight is 856 g/mol. The minimum Gasteiger partial charge on any atom is -0.311 e. The molecule has 0 aliphatic rings. The first kappa shape index (κ1) is 40.8. The van der Waals surface area contributed by atoms with Gasteiger partial charge in [-0.15, -0.1) is 0 Å². The molecular weight excluding hydrogens is 811 g/mol. The molecule has 0 radical (unpaired) electrons. The van der Waals surface area contributed by atoms with E-state index in [2.05, 4.69) is 278 Å². The predicted molar refractivity (Wildman–Crippen MR) is 280 cm³/mol. The quantitative estimate of drug-likeness (QED) is 0.130. The summed E-state index contributed by atoms with van der Waals surface area (Å²) in [6.07, 6.45) is 0. The standard InChI is InChI=1S/C64H45N3/c1-8-22-46(23-9-1)57-44-59(48-26-12-3-13-27-48)65-63(52-30-16-5-17-31-52)61(57)50-36-40-55(41-37-50)67(54-34-20-7-21-35-54)56-42-38-51(39-43-56)62-58(47-24-10-2-11-25-47)45-60(49-28-14-4-15-29-49)66-64(62)53-32-18-6-19-33-53/h1-45H. The van der Waals surface area contributed by atoms with Gasteiger partial charge in [0, 0.05) is 50.4 Å². The van der Waals surface area contributed by atoms with Crippen molar-refractivity contribution in [1.29, 1.82) is 0 Å². The second-order valence-electron chi connectivity index (χ2n) is 16.5. The number of aromatic nitrogens is 2. The van der Waals surface area contributed by atoms with Crippen molar-refractivity contribution in [3.8, 4) is 89.5 Å². The van der Waals surface area contributed by atoms with Crippen LogP contribution in [0.5, 0.6) is 0 Å². The van der Waals surface area contributed by atoms with Crippen molar-refractivity contribution in [3.05, 3.63) is 273 Å². The highest BCUT2D eigenvalue weighted by Crippen LogP contribution is 2.45. The van der Waals surface area contributed by atoms with Gasteiger partial charge in [0.15, 0.2) is 0 Å². The molecule has 3 heteroatoms. The molecule has 0 saturated carbocycles. The normalized spacial score (nSPS) is 11.0. The zero-order valence-electron chi connectivity index (χ0n) is 36.8. The van der Waals surface area contributed by atoms with E-state index in [1.165, 1.54) is 0 Å². The Morgan fingerprint density at radius 1 is 0.224 bits per heavy atom. The summed E-state index contributed by atoms with van der Waals surface area (Å²) in [6, 6.07) is 96.4. The van der Waals surface area contributed by atoms with Crippen LogP contribution < -0.4 is 4.90 Å². The van der Waals surface area contributed by atoms with E-state index in [0.717, 1.165) is 107 Å². The third-order valence-electron chi connectivity index (χ3n) is 12.3. The van der Waals surface area contributed by atoms with Crippen molar-refractivity contribution in [3.63, 3.8) is 0 Å². The van der Waals surface area contributed by atoms with E-state index in [9.17, 15) is 0 Å². The average Bonchev–Trinajstić information content (AvgIpc) is 3.42. The van der Waals surface area contributed by atoms with Crippen LogP contribution in [0, 0.1) is 0 Å². The highest BCUT2D eigenvalue weighted by atomic mass is 15.1. The van der Waals surface area contributed by atoms with E-state index in [0.29, 0.717) is 0 Å². The number of hydrogen-bond acceptors (Lipinski definition) is 3. The first-order valence-electron chi connectivity index (χ1n) is 22.7. The maximum Gasteiger partial charge on any atom is 0.0794 e. The van der Waals surface area contributed by atoms with Gasteiger partial charge in [-0.1, -0.05) is 224 Å². The van der Waals surface area contributed by atoms with E-state index in [-0.39, 0.29) is 0 Å². The van der Waals surface area contributed by atoms with Gasteiger partial charge in [0.2, 0.25) is 0 Å². The van der Waals surface area contributed by atoms with E-state index in [4.69, 9.17) is 9.97 Å². The molecule has 0 saturated heterocycles. The molecule has 11 rings (SSSR count). The van der Waals surface area contributed by atoms with Crippen molar-refractivity contribution < 1.29 is 0 Å². The van der Waals surface area contributed by atoms with Crippen molar-refractivity contribution >= 4 is 17.1 Å². The Morgan fingerprint density at radius 3 is 0.821 bits per heavy atom. The summed E-state index contributed by atoms with van der Waals surface area (Å²) in [7, 11) is 0. The monoisotopic (exact) mass is 855 g/mol. The Morgan fingerprint density at radius 2 is 0.493 bits per heavy atom. The molecule has 316 valence electrons. The van der Waals surface area contributed by atoms with Gasteiger partial charge < -0.3 is 4.90 Å². The molecule has 11 aromatic rings. The van der Waals surface area contributed by atoms with Crippen molar-refractivity contribution in [1.82, 2.24) is 9.97 Å². The molecule has 9 aromatic carbocycles. The third kappa shape index (κ3) is 8.46. The maximum absolute atomic E-state index is 5.42. The number of pyridine rings is 2. The van der Waals surface area contributed by atoms with Crippen LogP contribution in [0.25, 0.3) is 89.5 Å². The second kappa shape index (κ2) is 18.7. The highest BCUT2D eigenvalue weighted by molar-refractivity contribution is 5.97. The fourth-order valence-electron chi connectivity index (χ4n) is 9.07. The summed E-state index contributed by atoms with van der Waals surface area (Å²) in [4.78, 5) is 13.2. The van der Waals surface area contributed by atoms with E-state index in [1.807, 2.05) is 0 Å². The molecule has 2 heterocycles. The van der Waals surface area contributed by atoms with Gasteiger partial charge in [0.05, 0.1) is 22.8 Å². The molecule has 0 aliphatic heterocycles. The first-order chi connectivity index (χ1) is 33.2. The lowest BCUT2D eigenvalue weighted by molar-refractivity contribution is 1.28. The van der Waals surface area contributed by atoms with Crippen LogP contribution in [0.3, 0.4) is 0 Å². The molecule has 0 amide bonds. The lowest BCUT2D eigenvalue weighted by atomic mass is 9.89. The Hall–Kier alpha value is -8.92. The zero-order valence-corrected chi connectivity index (χ0v) is 36.8. The van der Waals surface area contributed by atoms with E-state index >= 15 is 0 Å². The van der Waals surface area contributed by atoms with Crippen LogP contribution in [-0.2, 0) is 0 Å². The Labute approximate surface area is 392 Å². The minimum atomic E-state index is 0.937. The van der Waals surface area contributed by atoms with E-state index in [1.54, 1.807) is 0 Å². The molecular formula is C64H45N3. The van der Waals surface area contributed by atoms with Crippen molar-refractivity contribution in [2.45, 2.75) is 0 Å². The summed E-state index contributed by atoms with van der Waals surface area (Å²) in [5, 5.41) is 0. The molecule has 0 bridgehead atoms. The van der Waals surface area contributed by atoms with Gasteiger partial charge >= 0.3 is 0 Å². The van der Waals surface area contributed by atoms with Gasteiger partial charge in [0.25, 0.3) is 0 Å². The summed E-state index contributed by atoms with van der Waals surface area (Å²) in [6.45, 7) is 0. The van der Waals surface area contributed by atoms with Gasteiger partial charge in [-0.2, -0.15) is 0 Å². The van der Waals surface area contributed by atoms with Crippen molar-refractivity contribution in [2.24, 2.45) is 0 Å². The van der Waals surface area contributed by atoms with Crippen LogP contribution >= 0.6 is 0 Å². The second-order valence-corrected chi connectivity index (χ2v) is 16.5. The summed E-state index contributed by atoms with van der Waals surface area (Å²) < 4.78 is 0. The molecule has 0 atom stereocenters. The Balaban J connectivity index is 1.04. The van der Waals surface area contributed by atoms with Crippen LogP contribution in [0.4, 0.5) is 17.1 Å². The topological polar surface area (TPSA) is 29.0 Å². The number of anilines is 3. The maximum atomic E-state index is 5.42. The molecule has 0 fully saturated rings. The van der Waals surface area contributed by atoms with Crippen LogP contribution in [0.15, 0.2) is 273 Å². The highest BCUT2D eigenvalue weighted by Gasteiger charge is 2.22. The number of para-hydroxylation sites is 1. The molecule has 0 aliphatic carbocycles. The van der Waals surface area contributed by atoms with Gasteiger partial charge in [-0.05, 0) is 81.9 Å². The van der Waals surface area contributed by atoms with Crippen molar-refractivity contribution in [2.75, 3.05) is 4.90 Å². The van der Waals surface area contributed by atoms with Gasteiger partial charge in [-0.3, -0.25) is 0 Å². The summed E-state index contributed by atoms with van der Waals surface area (Å²) in [5.41, 5.74) is 20.1. The first-order valence-corrected chi connectivity index (χ1v) is 22.7. The van der Waals surface area contributed by atoms with Crippen LogP contribution in [0.1, 0.15) is 0 Å². The summed E-state index contributed by atoms with van der Waals surface area (Å²) in [5.74, 6) is 0. The predicted octanol–water partition coefficient (Wildman–Crippen LogP) is 17.3. The van der Waals surface area contributed by atoms with Gasteiger partial charge in [-0.25, -0.2) is 9.97 Å².